The molecule has 17 heavy (non-hydrogen) atoms. The minimum absolute atomic E-state index is 0.0707. The Labute approximate surface area is 98.0 Å². The monoisotopic (exact) mass is 239 g/mol. The third-order valence-corrected chi connectivity index (χ3v) is 2.27. The molecule has 0 aliphatic carbocycles. The SMILES string of the molecule is CCCC(=O)c1cc(OC)c(O)c([N+](=O)[O-])c1. The van der Waals surface area contributed by atoms with E-state index in [0.29, 0.717) is 12.8 Å². The standard InChI is InChI=1S/C11H13NO5/c1-3-4-9(13)7-5-8(12(15)16)11(14)10(6-7)17-2/h5-6,14H,3-4H2,1-2H3. The number of carbonyl (C=O) groups is 1. The van der Waals surface area contributed by atoms with Crippen molar-refractivity contribution in [3.8, 4) is 11.5 Å². The highest BCUT2D eigenvalue weighted by molar-refractivity contribution is 5.97. The number of hydrogen-bond acceptors (Lipinski definition) is 5. The number of aromatic hydroxyl groups is 1. The number of hydrogen-bond donors (Lipinski definition) is 1. The summed E-state index contributed by atoms with van der Waals surface area (Å²) in [6, 6.07) is 2.37. The van der Waals surface area contributed by atoms with Crippen LogP contribution in [0.25, 0.3) is 0 Å². The number of methoxy groups -OCH3 is 1. The van der Waals surface area contributed by atoms with Gasteiger partial charge in [0.15, 0.2) is 11.5 Å². The van der Waals surface area contributed by atoms with Crippen LogP contribution in [-0.4, -0.2) is 22.9 Å². The number of phenolic OH excluding ortho intramolecular Hbond substituents is 1. The minimum atomic E-state index is -0.749. The van der Waals surface area contributed by atoms with Crippen LogP contribution >= 0.6 is 0 Å². The fraction of sp³-hybridized carbons (Fsp3) is 0.364. The first-order chi connectivity index (χ1) is 8.01. The van der Waals surface area contributed by atoms with Crippen molar-refractivity contribution in [1.82, 2.24) is 0 Å². The normalized spacial score (nSPS) is 10.0. The van der Waals surface area contributed by atoms with Gasteiger partial charge in [-0.15, -0.1) is 0 Å². The fourth-order valence-electron chi connectivity index (χ4n) is 1.42. The highest BCUT2D eigenvalue weighted by Gasteiger charge is 2.21. The van der Waals surface area contributed by atoms with Gasteiger partial charge < -0.3 is 9.84 Å². The van der Waals surface area contributed by atoms with Gasteiger partial charge in [-0.05, 0) is 12.5 Å². The predicted octanol–water partition coefficient (Wildman–Crippen LogP) is 2.29. The molecule has 0 atom stereocenters. The summed E-state index contributed by atoms with van der Waals surface area (Å²) in [6.45, 7) is 1.84. The Morgan fingerprint density at radius 1 is 1.53 bits per heavy atom. The number of Topliss-reactive ketones (excluding diaryl/α,β-unsaturated/α-hetero) is 1. The van der Waals surface area contributed by atoms with Gasteiger partial charge in [-0.25, -0.2) is 0 Å². The third-order valence-electron chi connectivity index (χ3n) is 2.27. The predicted molar refractivity (Wildman–Crippen MR) is 60.6 cm³/mol. The van der Waals surface area contributed by atoms with Gasteiger partial charge >= 0.3 is 5.69 Å². The molecule has 0 saturated heterocycles. The average molecular weight is 239 g/mol. The summed E-state index contributed by atoms with van der Waals surface area (Å²) in [5, 5.41) is 20.2. The van der Waals surface area contributed by atoms with E-state index in [1.807, 2.05) is 6.92 Å². The summed E-state index contributed by atoms with van der Waals surface area (Å²) in [4.78, 5) is 21.6. The number of nitrogens with zero attached hydrogens (tertiary/aromatic N) is 1. The van der Waals surface area contributed by atoms with Crippen molar-refractivity contribution in [2.45, 2.75) is 19.8 Å². The molecule has 1 aromatic rings. The molecule has 0 heterocycles. The minimum Gasteiger partial charge on any atom is -0.500 e. The van der Waals surface area contributed by atoms with Gasteiger partial charge in [-0.1, -0.05) is 6.92 Å². The Hall–Kier alpha value is -2.11. The first-order valence-electron chi connectivity index (χ1n) is 5.09. The van der Waals surface area contributed by atoms with E-state index in [-0.39, 0.29) is 17.1 Å². The van der Waals surface area contributed by atoms with Crippen LogP contribution in [0.3, 0.4) is 0 Å². The summed E-state index contributed by atoms with van der Waals surface area (Å²) in [7, 11) is 1.27. The molecule has 0 fully saturated rings. The number of nitro groups is 1. The van der Waals surface area contributed by atoms with Crippen molar-refractivity contribution in [3.05, 3.63) is 27.8 Å². The Morgan fingerprint density at radius 2 is 2.18 bits per heavy atom. The molecule has 0 amide bonds. The van der Waals surface area contributed by atoms with Crippen molar-refractivity contribution in [3.63, 3.8) is 0 Å². The zero-order chi connectivity index (χ0) is 13.0. The quantitative estimate of drug-likeness (QED) is 0.483. The second kappa shape index (κ2) is 5.29. The number of ether oxygens (including phenoxy) is 1. The fourth-order valence-corrected chi connectivity index (χ4v) is 1.42. The van der Waals surface area contributed by atoms with Crippen LogP contribution in [0, 0.1) is 10.1 Å². The molecule has 1 N–H and O–H groups in total. The molecule has 0 aliphatic rings. The van der Waals surface area contributed by atoms with E-state index in [1.54, 1.807) is 0 Å². The number of carbonyl (C=O) groups excluding carboxylic acids is 1. The van der Waals surface area contributed by atoms with E-state index in [1.165, 1.54) is 13.2 Å². The van der Waals surface area contributed by atoms with Crippen molar-refractivity contribution in [2.75, 3.05) is 7.11 Å². The van der Waals surface area contributed by atoms with Gasteiger partial charge in [0.2, 0.25) is 5.75 Å². The first-order valence-corrected chi connectivity index (χ1v) is 5.09. The second-order valence-corrected chi connectivity index (χ2v) is 3.48. The van der Waals surface area contributed by atoms with Crippen LogP contribution in [0.5, 0.6) is 11.5 Å². The average Bonchev–Trinajstić information content (AvgIpc) is 2.29. The molecule has 1 aromatic carbocycles. The molecule has 6 nitrogen and oxygen atoms in total. The zero-order valence-electron chi connectivity index (χ0n) is 9.60. The lowest BCUT2D eigenvalue weighted by Gasteiger charge is -2.06. The largest absolute Gasteiger partial charge is 0.500 e. The number of benzene rings is 1. The molecule has 6 heteroatoms. The van der Waals surface area contributed by atoms with E-state index in [9.17, 15) is 20.0 Å². The van der Waals surface area contributed by atoms with Crippen molar-refractivity contribution in [1.29, 1.82) is 0 Å². The summed E-state index contributed by atoms with van der Waals surface area (Å²) in [5.41, 5.74) is -0.350. The molecule has 92 valence electrons. The summed E-state index contributed by atoms with van der Waals surface area (Å²) in [5.74, 6) is -0.849. The highest BCUT2D eigenvalue weighted by Crippen LogP contribution is 2.37. The smallest absolute Gasteiger partial charge is 0.315 e. The molecule has 0 spiro atoms. The molecule has 1 rings (SSSR count). The Morgan fingerprint density at radius 3 is 2.65 bits per heavy atom. The summed E-state index contributed by atoms with van der Waals surface area (Å²) >= 11 is 0. The van der Waals surface area contributed by atoms with Crippen LogP contribution < -0.4 is 4.74 Å². The number of phenols is 1. The van der Waals surface area contributed by atoms with E-state index < -0.39 is 16.4 Å². The lowest BCUT2D eigenvalue weighted by atomic mass is 10.1. The zero-order valence-corrected chi connectivity index (χ0v) is 9.60. The number of ketones is 1. The van der Waals surface area contributed by atoms with Gasteiger partial charge in [0.25, 0.3) is 0 Å². The molecular formula is C11H13NO5. The molecule has 0 unspecified atom stereocenters. The van der Waals surface area contributed by atoms with Gasteiger partial charge in [0, 0.05) is 18.1 Å². The van der Waals surface area contributed by atoms with Gasteiger partial charge in [0.1, 0.15) is 0 Å². The van der Waals surface area contributed by atoms with Crippen molar-refractivity contribution in [2.24, 2.45) is 0 Å². The van der Waals surface area contributed by atoms with Crippen molar-refractivity contribution < 1.29 is 19.6 Å². The molecule has 0 saturated carbocycles. The van der Waals surface area contributed by atoms with E-state index in [0.717, 1.165) is 6.07 Å². The maximum absolute atomic E-state index is 11.6. The van der Waals surface area contributed by atoms with Gasteiger partial charge in [-0.2, -0.15) is 0 Å². The van der Waals surface area contributed by atoms with Crippen LogP contribution in [-0.2, 0) is 0 Å². The summed E-state index contributed by atoms with van der Waals surface area (Å²) < 4.78 is 4.80. The van der Waals surface area contributed by atoms with Crippen molar-refractivity contribution >= 4 is 11.5 Å². The first kappa shape index (κ1) is 13.0. The Bertz CT molecular complexity index is 455. The lowest BCUT2D eigenvalue weighted by molar-refractivity contribution is -0.386. The molecule has 0 radical (unpaired) electrons. The topological polar surface area (TPSA) is 89.7 Å². The van der Waals surface area contributed by atoms with Crippen LogP contribution in [0.2, 0.25) is 0 Å². The molecule has 0 aliphatic heterocycles. The maximum atomic E-state index is 11.6. The van der Waals surface area contributed by atoms with Gasteiger partial charge in [-0.3, -0.25) is 14.9 Å². The van der Waals surface area contributed by atoms with E-state index in [4.69, 9.17) is 4.74 Å². The summed E-state index contributed by atoms with van der Waals surface area (Å²) in [6.07, 6.45) is 0.945. The highest BCUT2D eigenvalue weighted by atomic mass is 16.6. The number of nitro benzene ring substituents is 1. The second-order valence-electron chi connectivity index (χ2n) is 3.48. The molecular weight excluding hydrogens is 226 g/mol. The third kappa shape index (κ3) is 2.72. The Kier molecular flexibility index (Phi) is 4.03. The van der Waals surface area contributed by atoms with Crippen LogP contribution in [0.4, 0.5) is 5.69 Å². The van der Waals surface area contributed by atoms with Crippen LogP contribution in [0.1, 0.15) is 30.1 Å². The maximum Gasteiger partial charge on any atom is 0.315 e. The van der Waals surface area contributed by atoms with E-state index in [2.05, 4.69) is 0 Å². The lowest BCUT2D eigenvalue weighted by Crippen LogP contribution is -2.01. The van der Waals surface area contributed by atoms with Gasteiger partial charge in [0.05, 0.1) is 12.0 Å². The number of rotatable bonds is 5. The molecule has 0 aromatic heterocycles. The van der Waals surface area contributed by atoms with Crippen LogP contribution in [0.15, 0.2) is 12.1 Å². The van der Waals surface area contributed by atoms with E-state index >= 15 is 0 Å². The Balaban J connectivity index is 3.29. The molecule has 0 bridgehead atoms.